The fourth-order valence-corrected chi connectivity index (χ4v) is 2.76. The minimum atomic E-state index is 0.501. The fourth-order valence-electron chi connectivity index (χ4n) is 2.76. The van der Waals surface area contributed by atoms with Crippen LogP contribution in [0.1, 0.15) is 25.8 Å². The number of likely N-dealkylation sites (N-methyl/N-ethyl adjacent to an activating group) is 2. The molecule has 0 aromatic heterocycles. The van der Waals surface area contributed by atoms with Crippen molar-refractivity contribution in [2.75, 3.05) is 39.8 Å². The summed E-state index contributed by atoms with van der Waals surface area (Å²) in [7, 11) is 2.23. The number of hydrogen-bond donors (Lipinski definition) is 3. The first-order valence-corrected chi connectivity index (χ1v) is 8.55. The number of nitrogens with one attached hydrogen (secondary N) is 2. The normalized spacial score (nSPS) is 14.2. The third kappa shape index (κ3) is 7.90. The van der Waals surface area contributed by atoms with Gasteiger partial charge in [-0.2, -0.15) is 0 Å². The van der Waals surface area contributed by atoms with Crippen molar-refractivity contribution in [2.24, 2.45) is 5.73 Å². The van der Waals surface area contributed by atoms with Crippen molar-refractivity contribution < 1.29 is 0 Å². The van der Waals surface area contributed by atoms with Crippen molar-refractivity contribution in [3.63, 3.8) is 0 Å². The summed E-state index contributed by atoms with van der Waals surface area (Å²) in [6, 6.07) is 11.8. The molecule has 0 bridgehead atoms. The van der Waals surface area contributed by atoms with Crippen LogP contribution < -0.4 is 16.4 Å². The van der Waals surface area contributed by atoms with Crippen LogP contribution in [-0.4, -0.2) is 56.8 Å². The molecule has 126 valence electrons. The highest BCUT2D eigenvalue weighted by molar-refractivity contribution is 5.16. The van der Waals surface area contributed by atoms with E-state index in [0.29, 0.717) is 12.1 Å². The Balaban J connectivity index is 2.55. The monoisotopic (exact) mass is 306 g/mol. The lowest BCUT2D eigenvalue weighted by Crippen LogP contribution is -2.47. The predicted molar refractivity (Wildman–Crippen MR) is 96.2 cm³/mol. The van der Waals surface area contributed by atoms with Gasteiger partial charge in [0.25, 0.3) is 0 Å². The Morgan fingerprint density at radius 2 is 1.95 bits per heavy atom. The van der Waals surface area contributed by atoms with E-state index in [1.54, 1.807) is 0 Å². The van der Waals surface area contributed by atoms with Gasteiger partial charge in [0, 0.05) is 25.2 Å². The second kappa shape index (κ2) is 11.6. The highest BCUT2D eigenvalue weighted by Crippen LogP contribution is 2.08. The van der Waals surface area contributed by atoms with Crippen LogP contribution in [0.5, 0.6) is 0 Å². The van der Waals surface area contributed by atoms with E-state index in [4.69, 9.17) is 5.73 Å². The first-order valence-electron chi connectivity index (χ1n) is 8.55. The van der Waals surface area contributed by atoms with Gasteiger partial charge in [0.05, 0.1) is 0 Å². The zero-order valence-electron chi connectivity index (χ0n) is 14.5. The first kappa shape index (κ1) is 19.1. The molecular weight excluding hydrogens is 272 g/mol. The van der Waals surface area contributed by atoms with Gasteiger partial charge in [-0.1, -0.05) is 37.3 Å². The third-order valence-electron chi connectivity index (χ3n) is 3.99. The molecule has 22 heavy (non-hydrogen) atoms. The first-order chi connectivity index (χ1) is 10.7. The van der Waals surface area contributed by atoms with Crippen molar-refractivity contribution in [2.45, 2.75) is 38.8 Å². The topological polar surface area (TPSA) is 53.3 Å². The maximum Gasteiger partial charge on any atom is 0.0258 e. The molecule has 1 aromatic rings. The van der Waals surface area contributed by atoms with E-state index < -0.39 is 0 Å². The van der Waals surface area contributed by atoms with E-state index in [1.165, 1.54) is 5.56 Å². The minimum Gasteiger partial charge on any atom is -0.330 e. The molecule has 0 radical (unpaired) electrons. The number of benzene rings is 1. The van der Waals surface area contributed by atoms with Crippen LogP contribution in [0.4, 0.5) is 0 Å². The van der Waals surface area contributed by atoms with Gasteiger partial charge in [-0.05, 0) is 52.0 Å². The molecule has 0 saturated carbocycles. The smallest absolute Gasteiger partial charge is 0.0258 e. The van der Waals surface area contributed by atoms with Crippen molar-refractivity contribution in [3.8, 4) is 0 Å². The van der Waals surface area contributed by atoms with Gasteiger partial charge < -0.3 is 21.3 Å². The minimum absolute atomic E-state index is 0.501. The summed E-state index contributed by atoms with van der Waals surface area (Å²) in [4.78, 5) is 2.47. The van der Waals surface area contributed by atoms with Gasteiger partial charge in [-0.25, -0.2) is 0 Å². The van der Waals surface area contributed by atoms with Crippen LogP contribution >= 0.6 is 0 Å². The Hall–Kier alpha value is -0.940. The Bertz CT molecular complexity index is 369. The van der Waals surface area contributed by atoms with Gasteiger partial charge >= 0.3 is 0 Å². The molecular formula is C18H34N4. The van der Waals surface area contributed by atoms with Crippen LogP contribution in [0, 0.1) is 0 Å². The Labute approximate surface area is 136 Å². The van der Waals surface area contributed by atoms with Crippen LogP contribution in [0.2, 0.25) is 0 Å². The Morgan fingerprint density at radius 1 is 1.23 bits per heavy atom. The molecule has 4 nitrogen and oxygen atoms in total. The molecule has 0 unspecified atom stereocenters. The van der Waals surface area contributed by atoms with E-state index >= 15 is 0 Å². The summed E-state index contributed by atoms with van der Waals surface area (Å²) in [6.07, 6.45) is 2.11. The summed E-state index contributed by atoms with van der Waals surface area (Å²) < 4.78 is 0. The van der Waals surface area contributed by atoms with Gasteiger partial charge in [-0.15, -0.1) is 0 Å². The molecule has 0 amide bonds. The standard InChI is InChI=1S/C18H34N4/c1-4-21-16(2)15-22(3)18(14-20-12-8-11-19)13-17-9-6-5-7-10-17/h5-7,9-10,16,18,20-21H,4,8,11-15,19H2,1-3H3/t16-,18-/m0/s1. The number of nitrogens with two attached hydrogens (primary N) is 1. The maximum atomic E-state index is 5.57. The molecule has 0 aliphatic rings. The van der Waals surface area contributed by atoms with Crippen molar-refractivity contribution >= 4 is 0 Å². The molecule has 1 rings (SSSR count). The second-order valence-electron chi connectivity index (χ2n) is 6.09. The maximum absolute atomic E-state index is 5.57. The fraction of sp³-hybridized carbons (Fsp3) is 0.667. The number of hydrogen-bond acceptors (Lipinski definition) is 4. The van der Waals surface area contributed by atoms with Gasteiger partial charge in [0.1, 0.15) is 0 Å². The average Bonchev–Trinajstić information content (AvgIpc) is 2.51. The molecule has 1 aromatic carbocycles. The summed E-state index contributed by atoms with van der Waals surface area (Å²) in [5.41, 5.74) is 6.97. The highest BCUT2D eigenvalue weighted by atomic mass is 15.2. The lowest BCUT2D eigenvalue weighted by Gasteiger charge is -2.31. The quantitative estimate of drug-likeness (QED) is 0.512. The number of rotatable bonds is 12. The van der Waals surface area contributed by atoms with Crippen molar-refractivity contribution in [1.29, 1.82) is 0 Å². The van der Waals surface area contributed by atoms with Crippen LogP contribution in [0.3, 0.4) is 0 Å². The molecule has 0 fully saturated rings. The highest BCUT2D eigenvalue weighted by Gasteiger charge is 2.17. The SMILES string of the molecule is CCN[C@@H](C)CN(C)[C@H](CNCCCN)Cc1ccccc1. The third-order valence-corrected chi connectivity index (χ3v) is 3.99. The van der Waals surface area contributed by atoms with E-state index in [9.17, 15) is 0 Å². The molecule has 4 heteroatoms. The zero-order chi connectivity index (χ0) is 16.2. The lowest BCUT2D eigenvalue weighted by molar-refractivity contribution is 0.214. The van der Waals surface area contributed by atoms with Crippen molar-refractivity contribution in [1.82, 2.24) is 15.5 Å². The number of nitrogens with zero attached hydrogens (tertiary/aromatic N) is 1. The molecule has 0 aliphatic heterocycles. The summed E-state index contributed by atoms with van der Waals surface area (Å²) in [5.74, 6) is 0. The zero-order valence-corrected chi connectivity index (χ0v) is 14.5. The van der Waals surface area contributed by atoms with Gasteiger partial charge in [0.2, 0.25) is 0 Å². The van der Waals surface area contributed by atoms with Crippen LogP contribution in [0.15, 0.2) is 30.3 Å². The van der Waals surface area contributed by atoms with E-state index in [0.717, 1.165) is 45.6 Å². The predicted octanol–water partition coefficient (Wildman–Crippen LogP) is 1.47. The molecule has 2 atom stereocenters. The van der Waals surface area contributed by atoms with Crippen molar-refractivity contribution in [3.05, 3.63) is 35.9 Å². The summed E-state index contributed by atoms with van der Waals surface area (Å²) >= 11 is 0. The Morgan fingerprint density at radius 3 is 2.59 bits per heavy atom. The average molecular weight is 306 g/mol. The lowest BCUT2D eigenvalue weighted by atomic mass is 10.0. The Kier molecular flexibility index (Phi) is 10.1. The molecule has 0 heterocycles. The van der Waals surface area contributed by atoms with Crippen LogP contribution in [-0.2, 0) is 6.42 Å². The summed E-state index contributed by atoms with van der Waals surface area (Å²) in [5, 5.41) is 7.04. The molecule has 0 saturated heterocycles. The second-order valence-corrected chi connectivity index (χ2v) is 6.09. The van der Waals surface area contributed by atoms with E-state index in [-0.39, 0.29) is 0 Å². The summed E-state index contributed by atoms with van der Waals surface area (Å²) in [6.45, 7) is 9.25. The van der Waals surface area contributed by atoms with Gasteiger partial charge in [0.15, 0.2) is 0 Å². The molecule has 0 spiro atoms. The van der Waals surface area contributed by atoms with Gasteiger partial charge in [-0.3, -0.25) is 0 Å². The van der Waals surface area contributed by atoms with E-state index in [2.05, 4.69) is 66.8 Å². The van der Waals surface area contributed by atoms with Crippen LogP contribution in [0.25, 0.3) is 0 Å². The van der Waals surface area contributed by atoms with E-state index in [1.807, 2.05) is 0 Å². The largest absolute Gasteiger partial charge is 0.330 e. The molecule has 0 aliphatic carbocycles. The molecule has 4 N–H and O–H groups in total.